The maximum atomic E-state index is 14.5. The molecule has 16 nitrogen and oxygen atoms in total. The lowest BCUT2D eigenvalue weighted by molar-refractivity contribution is -0.155. The number of benzene rings is 1. The lowest BCUT2D eigenvalue weighted by Gasteiger charge is -2.41. The van der Waals surface area contributed by atoms with Crippen LogP contribution >= 0.6 is 11.3 Å². The van der Waals surface area contributed by atoms with Crippen LogP contribution in [0.1, 0.15) is 76.8 Å². The second kappa shape index (κ2) is 18.1. The van der Waals surface area contributed by atoms with Gasteiger partial charge in [0, 0.05) is 85.8 Å². The van der Waals surface area contributed by atoms with Crippen LogP contribution in [-0.2, 0) is 48.0 Å². The van der Waals surface area contributed by atoms with Gasteiger partial charge < -0.3 is 34.3 Å². The highest BCUT2D eigenvalue weighted by atomic mass is 32.1. The van der Waals surface area contributed by atoms with Crippen LogP contribution < -0.4 is 10.7 Å². The average Bonchev–Trinajstić information content (AvgIpc) is 3.82. The molecule has 4 atom stereocenters. The zero-order chi connectivity index (χ0) is 44.6. The van der Waals surface area contributed by atoms with Gasteiger partial charge in [-0.25, -0.2) is 15.2 Å². The summed E-state index contributed by atoms with van der Waals surface area (Å²) < 4.78 is 14.2. The molecule has 2 saturated heterocycles. The van der Waals surface area contributed by atoms with E-state index in [9.17, 15) is 29.1 Å². The highest BCUT2D eigenvalue weighted by Gasteiger charge is 2.42. The number of urea groups is 1. The third kappa shape index (κ3) is 8.93. The number of likely N-dealkylation sites (N-methyl/N-ethyl adjacent to an activating group) is 1. The van der Waals surface area contributed by atoms with Crippen LogP contribution in [0.3, 0.4) is 0 Å². The number of nitrogens with one attached hydrogen (secondary N) is 2. The molecule has 1 unspecified atom stereocenters. The zero-order valence-electron chi connectivity index (χ0n) is 36.8. The van der Waals surface area contributed by atoms with Crippen molar-refractivity contribution in [3.63, 3.8) is 0 Å². The van der Waals surface area contributed by atoms with Crippen LogP contribution in [0.25, 0.3) is 33.4 Å². The summed E-state index contributed by atoms with van der Waals surface area (Å²) in [5, 5.41) is 17.3. The van der Waals surface area contributed by atoms with Crippen molar-refractivity contribution in [2.45, 2.75) is 98.0 Å². The number of ether oxygens (including phenoxy) is 2. The molecule has 3 N–H and O–H groups in total. The third-order valence-corrected chi connectivity index (χ3v) is 13.1. The number of hydrogen-bond donors (Lipinski definition) is 3. The Morgan fingerprint density at radius 2 is 1.92 bits per heavy atom. The van der Waals surface area contributed by atoms with Crippen LogP contribution in [0.15, 0.2) is 41.9 Å². The van der Waals surface area contributed by atoms with Crippen molar-refractivity contribution in [1.82, 2.24) is 40.1 Å². The van der Waals surface area contributed by atoms with Gasteiger partial charge >= 0.3 is 18.0 Å². The molecule has 0 saturated carbocycles. The van der Waals surface area contributed by atoms with Gasteiger partial charge in [-0.05, 0) is 68.9 Å². The number of aryl methyl sites for hydroxylation is 1. The van der Waals surface area contributed by atoms with E-state index in [2.05, 4.69) is 54.3 Å². The van der Waals surface area contributed by atoms with Crippen molar-refractivity contribution < 1.29 is 38.6 Å². The van der Waals surface area contributed by atoms with Gasteiger partial charge in [0.2, 0.25) is 5.91 Å². The number of carboxylic acid groups (broad SMARTS) is 1. The first-order chi connectivity index (χ1) is 29.5. The minimum atomic E-state index is -1.11. The maximum Gasteiger partial charge on any atom is 0.324 e. The van der Waals surface area contributed by atoms with Crippen molar-refractivity contribution >= 4 is 52.0 Å². The number of amides is 4. The maximum absolute atomic E-state index is 14.5. The van der Waals surface area contributed by atoms with Crippen molar-refractivity contribution in [3.8, 4) is 22.5 Å². The van der Waals surface area contributed by atoms with Gasteiger partial charge in [-0.1, -0.05) is 33.8 Å². The van der Waals surface area contributed by atoms with E-state index in [1.54, 1.807) is 13.3 Å². The van der Waals surface area contributed by atoms with E-state index >= 15 is 0 Å². The summed E-state index contributed by atoms with van der Waals surface area (Å²) in [7, 11) is 3.19. The summed E-state index contributed by atoms with van der Waals surface area (Å²) in [6.07, 6.45) is 3.12. The minimum Gasteiger partial charge on any atom is -0.481 e. The first-order valence-corrected chi connectivity index (χ1v) is 22.3. The van der Waals surface area contributed by atoms with Gasteiger partial charge in [0.05, 0.1) is 40.7 Å². The number of hydrazine groups is 1. The van der Waals surface area contributed by atoms with E-state index in [4.69, 9.17) is 19.4 Å². The fourth-order valence-corrected chi connectivity index (χ4v) is 9.73. The number of rotatable bonds is 9. The molecule has 6 bridgehead atoms. The number of methoxy groups -OCH3 is 1. The Balaban J connectivity index is 1.28. The standard InChI is InChI=1S/C45H58N8O8S/c1-9-52-35-15-14-27-18-30(35)31(39(52)29-12-10-16-46-37(29)26(4)60-8)20-45(5,6)24-61-43(58)32-13-11-17-53(49-32)41(55)33(19-36-47-34(27)23-62-36)48-40(54)38(25(2)3)50(7)44(59)51-21-28(22-51)42(56)57/h10,12,14-16,18,23,25-26,28,32-33,38,49H,9,11,13,17,19-22,24H2,1-8H3,(H,48,54)(H,56,57)/t26-,32-,33-,38?/m0/s1. The Bertz CT molecular complexity index is 2350. The second-order valence-electron chi connectivity index (χ2n) is 17.8. The van der Waals surface area contributed by atoms with Gasteiger partial charge in [-0.2, -0.15) is 0 Å². The van der Waals surface area contributed by atoms with Crippen LogP contribution in [0.4, 0.5) is 4.79 Å². The number of pyridine rings is 1. The normalized spacial score (nSPS) is 20.6. The number of hydrogen-bond acceptors (Lipinski definition) is 11. The average molecular weight is 871 g/mol. The van der Waals surface area contributed by atoms with E-state index in [0.29, 0.717) is 37.4 Å². The van der Waals surface area contributed by atoms with E-state index in [-0.39, 0.29) is 38.1 Å². The third-order valence-electron chi connectivity index (χ3n) is 12.3. The van der Waals surface area contributed by atoms with E-state index in [1.165, 1.54) is 33.2 Å². The Labute approximate surface area is 365 Å². The molecule has 4 aromatic rings. The molecule has 4 amide bonds. The molecule has 7 rings (SSSR count). The Kier molecular flexibility index (Phi) is 13.1. The Hall–Kier alpha value is -5.39. The van der Waals surface area contributed by atoms with E-state index in [0.717, 1.165) is 44.7 Å². The van der Waals surface area contributed by atoms with Crippen molar-refractivity contribution in [1.29, 1.82) is 0 Å². The summed E-state index contributed by atoms with van der Waals surface area (Å²) >= 11 is 1.38. The smallest absolute Gasteiger partial charge is 0.324 e. The molecule has 3 aliphatic heterocycles. The summed E-state index contributed by atoms with van der Waals surface area (Å²) in [4.78, 5) is 79.9. The molecular weight excluding hydrogens is 813 g/mol. The Morgan fingerprint density at radius 3 is 2.61 bits per heavy atom. The van der Waals surface area contributed by atoms with Crippen molar-refractivity contribution in [3.05, 3.63) is 58.2 Å². The molecule has 6 heterocycles. The number of likely N-dealkylation sites (tertiary alicyclic amines) is 1. The lowest BCUT2D eigenvalue weighted by atomic mass is 9.84. The number of carboxylic acids is 1. The zero-order valence-corrected chi connectivity index (χ0v) is 37.6. The summed E-state index contributed by atoms with van der Waals surface area (Å²) in [5.74, 6) is -3.44. The predicted molar refractivity (Wildman–Crippen MR) is 234 cm³/mol. The van der Waals surface area contributed by atoms with Gasteiger partial charge in [-0.3, -0.25) is 29.2 Å². The van der Waals surface area contributed by atoms with Crippen molar-refractivity contribution in [2.24, 2.45) is 17.3 Å². The van der Waals surface area contributed by atoms with Crippen LogP contribution in [0.5, 0.6) is 0 Å². The van der Waals surface area contributed by atoms with Crippen LogP contribution in [0.2, 0.25) is 0 Å². The lowest BCUT2D eigenvalue weighted by Crippen LogP contribution is -2.63. The van der Waals surface area contributed by atoms with Crippen LogP contribution in [-0.4, -0.2) is 123 Å². The number of carbonyl (C=O) groups is 5. The predicted octanol–water partition coefficient (Wildman–Crippen LogP) is 5.30. The monoisotopic (exact) mass is 870 g/mol. The number of cyclic esters (lactones) is 1. The number of aromatic nitrogens is 3. The van der Waals surface area contributed by atoms with Gasteiger partial charge in [0.15, 0.2) is 0 Å². The highest BCUT2D eigenvalue weighted by Crippen LogP contribution is 2.42. The van der Waals surface area contributed by atoms with Crippen LogP contribution in [0, 0.1) is 17.3 Å². The molecule has 62 heavy (non-hydrogen) atoms. The van der Waals surface area contributed by atoms with E-state index < -0.39 is 59.2 Å². The number of carbonyl (C=O) groups excluding carboxylic acids is 4. The first kappa shape index (κ1) is 44.7. The number of nitrogens with zero attached hydrogens (tertiary/aromatic N) is 6. The molecule has 1 aromatic carbocycles. The molecular formula is C45H58N8O8S. The summed E-state index contributed by atoms with van der Waals surface area (Å²) in [5.41, 5.74) is 9.15. The number of aliphatic carboxylic acids is 1. The van der Waals surface area contributed by atoms with Gasteiger partial charge in [0.25, 0.3) is 5.91 Å². The van der Waals surface area contributed by atoms with Gasteiger partial charge in [-0.15, -0.1) is 11.3 Å². The molecule has 17 heteroatoms. The van der Waals surface area contributed by atoms with Crippen molar-refractivity contribution in [2.75, 3.05) is 40.4 Å². The highest BCUT2D eigenvalue weighted by molar-refractivity contribution is 7.10. The molecule has 332 valence electrons. The molecule has 3 aromatic heterocycles. The molecule has 0 aliphatic carbocycles. The first-order valence-electron chi connectivity index (χ1n) is 21.4. The molecule has 2 fully saturated rings. The number of esters is 1. The molecule has 0 spiro atoms. The second-order valence-corrected chi connectivity index (χ2v) is 18.7. The molecule has 0 radical (unpaired) electrons. The number of thiazole rings is 1. The fraction of sp³-hybridized carbons (Fsp3) is 0.533. The van der Waals surface area contributed by atoms with Gasteiger partial charge in [0.1, 0.15) is 18.1 Å². The SMILES string of the molecule is CCn1c(-c2cccnc2[C@H](C)OC)c2c3cc(ccc31)-c1csc(n1)C[C@H](NC(=O)C(C(C)C)N(C)C(=O)N1CC(C(=O)O)C1)C(=O)N1CCC[C@H](N1)C(=O)OCC(C)(C)C2. The number of fused-ring (bicyclic) bond motifs is 6. The topological polar surface area (TPSA) is 189 Å². The van der Waals surface area contributed by atoms with E-state index in [1.807, 2.05) is 38.3 Å². The minimum absolute atomic E-state index is 0.0525. The largest absolute Gasteiger partial charge is 0.481 e. The quantitative estimate of drug-likeness (QED) is 0.185. The summed E-state index contributed by atoms with van der Waals surface area (Å²) in [6.45, 7) is 13.1. The summed E-state index contributed by atoms with van der Waals surface area (Å²) in [6, 6.07) is 7.00. The molecule has 3 aliphatic rings. The fourth-order valence-electron chi connectivity index (χ4n) is 8.88. The Morgan fingerprint density at radius 1 is 1.16 bits per heavy atom.